The Kier molecular flexibility index (Phi) is 13.7. The van der Waals surface area contributed by atoms with E-state index in [0.29, 0.717) is 17.9 Å². The molecule has 0 radical (unpaired) electrons. The van der Waals surface area contributed by atoms with Crippen molar-refractivity contribution in [2.24, 2.45) is 5.73 Å². The minimum absolute atomic E-state index is 0.256. The summed E-state index contributed by atoms with van der Waals surface area (Å²) < 4.78 is 0. The molecule has 0 aliphatic carbocycles. The number of amides is 3. The Bertz CT molecular complexity index is 535. The highest BCUT2D eigenvalue weighted by molar-refractivity contribution is 7.98. The molecule has 0 aromatic carbocycles. The molecule has 10 nitrogen and oxygen atoms in total. The summed E-state index contributed by atoms with van der Waals surface area (Å²) in [6.07, 6.45) is 3.14. The summed E-state index contributed by atoms with van der Waals surface area (Å²) in [6, 6.07) is -3.21. The number of aliphatic hydroxyl groups excluding tert-OH is 1. The first-order valence-electron chi connectivity index (χ1n) is 8.65. The van der Waals surface area contributed by atoms with Crippen LogP contribution in [-0.4, -0.2) is 88.7 Å². The number of nitrogens with two attached hydrogens (primary N) is 1. The van der Waals surface area contributed by atoms with E-state index in [1.807, 2.05) is 12.5 Å². The van der Waals surface area contributed by atoms with Crippen LogP contribution in [0.3, 0.4) is 0 Å². The number of aliphatic hydroxyl groups is 1. The Balaban J connectivity index is 4.76. The fraction of sp³-hybridized carbons (Fsp3) is 0.750. The highest BCUT2D eigenvalue weighted by Crippen LogP contribution is 2.03. The van der Waals surface area contributed by atoms with Crippen molar-refractivity contribution in [1.29, 1.82) is 0 Å². The van der Waals surface area contributed by atoms with E-state index in [-0.39, 0.29) is 13.0 Å². The van der Waals surface area contributed by atoms with Gasteiger partial charge in [0.2, 0.25) is 17.7 Å². The topological polar surface area (TPSA) is 171 Å². The number of carbonyl (C=O) groups is 4. The zero-order valence-corrected chi connectivity index (χ0v) is 17.9. The summed E-state index contributed by atoms with van der Waals surface area (Å²) in [7, 11) is 0. The van der Waals surface area contributed by atoms with Gasteiger partial charge in [-0.25, -0.2) is 4.79 Å². The molecule has 0 saturated carbocycles. The van der Waals surface area contributed by atoms with Crippen LogP contribution in [0.4, 0.5) is 0 Å². The molecule has 4 atom stereocenters. The molecule has 0 heterocycles. The maximum Gasteiger partial charge on any atom is 0.328 e. The van der Waals surface area contributed by atoms with Gasteiger partial charge >= 0.3 is 5.97 Å². The average Bonchev–Trinajstić information content (AvgIpc) is 2.64. The Morgan fingerprint density at radius 1 is 1.00 bits per heavy atom. The number of thioether (sulfide) groups is 2. The lowest BCUT2D eigenvalue weighted by Gasteiger charge is -2.22. The van der Waals surface area contributed by atoms with Gasteiger partial charge in [-0.2, -0.15) is 23.5 Å². The molecule has 4 unspecified atom stereocenters. The largest absolute Gasteiger partial charge is 0.480 e. The van der Waals surface area contributed by atoms with Crippen LogP contribution >= 0.6 is 23.5 Å². The van der Waals surface area contributed by atoms with Gasteiger partial charge in [-0.05, 0) is 43.8 Å². The van der Waals surface area contributed by atoms with Crippen LogP contribution in [0, 0.1) is 0 Å². The number of hydrogen-bond donors (Lipinski definition) is 6. The first-order chi connectivity index (χ1) is 13.1. The normalized spacial score (nSPS) is 15.0. The fourth-order valence-corrected chi connectivity index (χ4v) is 3.03. The van der Waals surface area contributed by atoms with Gasteiger partial charge in [0.15, 0.2) is 6.04 Å². The van der Waals surface area contributed by atoms with Crippen molar-refractivity contribution >= 4 is 47.2 Å². The van der Waals surface area contributed by atoms with Gasteiger partial charge in [0.25, 0.3) is 0 Å². The minimum atomic E-state index is -1.49. The van der Waals surface area contributed by atoms with E-state index in [1.165, 1.54) is 18.7 Å². The summed E-state index contributed by atoms with van der Waals surface area (Å²) in [6.45, 7) is 0.887. The molecular formula is C16H30N4O6S2. The van der Waals surface area contributed by atoms with Gasteiger partial charge in [-0.3, -0.25) is 14.4 Å². The van der Waals surface area contributed by atoms with Gasteiger partial charge < -0.3 is 31.9 Å². The van der Waals surface area contributed by atoms with Crippen LogP contribution in [-0.2, 0) is 19.2 Å². The number of carboxylic acid groups (broad SMARTS) is 1. The van der Waals surface area contributed by atoms with Gasteiger partial charge in [0.05, 0.1) is 18.7 Å². The second kappa shape index (κ2) is 14.5. The third-order valence-electron chi connectivity index (χ3n) is 3.70. The zero-order chi connectivity index (χ0) is 21.7. The number of nitrogens with one attached hydrogen (secondary N) is 3. The van der Waals surface area contributed by atoms with E-state index in [1.54, 1.807) is 11.8 Å². The first kappa shape index (κ1) is 26.5. The number of hydrogen-bond acceptors (Lipinski definition) is 8. The van der Waals surface area contributed by atoms with Crippen molar-refractivity contribution in [3.63, 3.8) is 0 Å². The average molecular weight is 439 g/mol. The van der Waals surface area contributed by atoms with Gasteiger partial charge in [-0.1, -0.05) is 0 Å². The zero-order valence-electron chi connectivity index (χ0n) is 16.3. The second-order valence-electron chi connectivity index (χ2n) is 6.07. The van der Waals surface area contributed by atoms with E-state index < -0.39 is 47.9 Å². The summed E-state index contributed by atoms with van der Waals surface area (Å²) in [5, 5.41) is 25.6. The lowest BCUT2D eigenvalue weighted by Crippen LogP contribution is -2.56. The molecule has 0 bridgehead atoms. The fourth-order valence-electron chi connectivity index (χ4n) is 2.07. The van der Waals surface area contributed by atoms with Crippen molar-refractivity contribution in [3.8, 4) is 0 Å². The van der Waals surface area contributed by atoms with Crippen LogP contribution in [0.5, 0.6) is 0 Å². The highest BCUT2D eigenvalue weighted by atomic mass is 32.2. The molecule has 7 N–H and O–H groups in total. The van der Waals surface area contributed by atoms with Crippen molar-refractivity contribution in [2.75, 3.05) is 30.6 Å². The molecule has 0 aliphatic heterocycles. The molecule has 0 aliphatic rings. The van der Waals surface area contributed by atoms with Crippen molar-refractivity contribution in [3.05, 3.63) is 0 Å². The van der Waals surface area contributed by atoms with Crippen molar-refractivity contribution < 1.29 is 29.4 Å². The number of carboxylic acids is 1. The Morgan fingerprint density at radius 3 is 2.07 bits per heavy atom. The van der Waals surface area contributed by atoms with Crippen LogP contribution < -0.4 is 21.7 Å². The molecule has 12 heteroatoms. The van der Waals surface area contributed by atoms with E-state index in [4.69, 9.17) is 10.8 Å². The SMILES string of the molecule is CSCCC(N)C(=O)NCC(=O)NC(CCSC)C(=O)NC(C(=O)O)C(C)O. The minimum Gasteiger partial charge on any atom is -0.480 e. The second-order valence-corrected chi connectivity index (χ2v) is 8.04. The third-order valence-corrected chi connectivity index (χ3v) is 4.99. The molecule has 0 saturated heterocycles. The lowest BCUT2D eigenvalue weighted by molar-refractivity contribution is -0.145. The molecular weight excluding hydrogens is 408 g/mol. The van der Waals surface area contributed by atoms with Crippen molar-refractivity contribution in [2.45, 2.75) is 44.0 Å². The smallest absolute Gasteiger partial charge is 0.328 e. The first-order valence-corrected chi connectivity index (χ1v) is 11.4. The molecule has 0 aromatic heterocycles. The molecule has 0 aromatic rings. The predicted octanol–water partition coefficient (Wildman–Crippen LogP) is -1.63. The van der Waals surface area contributed by atoms with Crippen LogP contribution in [0.2, 0.25) is 0 Å². The Hall–Kier alpha value is -1.50. The Labute approximate surface area is 173 Å². The molecule has 0 spiro atoms. The van der Waals surface area contributed by atoms with E-state index in [9.17, 15) is 24.3 Å². The summed E-state index contributed by atoms with van der Waals surface area (Å²) >= 11 is 3.00. The van der Waals surface area contributed by atoms with E-state index in [0.717, 1.165) is 0 Å². The molecule has 28 heavy (non-hydrogen) atoms. The maximum atomic E-state index is 12.3. The van der Waals surface area contributed by atoms with Crippen LogP contribution in [0.25, 0.3) is 0 Å². The summed E-state index contributed by atoms with van der Waals surface area (Å²) in [4.78, 5) is 47.4. The van der Waals surface area contributed by atoms with E-state index in [2.05, 4.69) is 16.0 Å². The molecule has 162 valence electrons. The number of rotatable bonds is 14. The predicted molar refractivity (Wildman–Crippen MR) is 110 cm³/mol. The standard InChI is InChI=1S/C16H30N4O6S2/c1-9(21)13(16(25)26)20-15(24)11(5-7-28-3)19-12(22)8-18-14(23)10(17)4-6-27-2/h9-11,13,21H,4-8,17H2,1-3H3,(H,18,23)(H,19,22)(H,20,24)(H,25,26). The molecule has 0 fully saturated rings. The van der Waals surface area contributed by atoms with Gasteiger partial charge in [0.1, 0.15) is 6.04 Å². The number of carbonyl (C=O) groups excluding carboxylic acids is 3. The lowest BCUT2D eigenvalue weighted by atomic mass is 10.1. The molecule has 0 rings (SSSR count). The summed E-state index contributed by atoms with van der Waals surface area (Å²) in [5.41, 5.74) is 5.71. The highest BCUT2D eigenvalue weighted by Gasteiger charge is 2.29. The van der Waals surface area contributed by atoms with Crippen LogP contribution in [0.1, 0.15) is 19.8 Å². The van der Waals surface area contributed by atoms with Gasteiger partial charge in [0, 0.05) is 0 Å². The number of aliphatic carboxylic acids is 1. The molecule has 3 amide bonds. The monoisotopic (exact) mass is 438 g/mol. The van der Waals surface area contributed by atoms with E-state index >= 15 is 0 Å². The van der Waals surface area contributed by atoms with Crippen LogP contribution in [0.15, 0.2) is 0 Å². The summed E-state index contributed by atoms with van der Waals surface area (Å²) in [5.74, 6) is -1.92. The van der Waals surface area contributed by atoms with Gasteiger partial charge in [-0.15, -0.1) is 0 Å². The quantitative estimate of drug-likeness (QED) is 0.186. The Morgan fingerprint density at radius 2 is 1.57 bits per heavy atom. The maximum absolute atomic E-state index is 12.3. The van der Waals surface area contributed by atoms with Crippen molar-refractivity contribution in [1.82, 2.24) is 16.0 Å². The third kappa shape index (κ3) is 10.7.